The first-order chi connectivity index (χ1) is 8.43. The third kappa shape index (κ3) is 2.02. The Hall–Kier alpha value is -2.08. The fourth-order valence-electron chi connectivity index (χ4n) is 1.52. The monoisotopic (exact) mass is 265 g/mol. The fraction of sp³-hybridized carbons (Fsp3) is 0.0833. The van der Waals surface area contributed by atoms with Gasteiger partial charge in [0.2, 0.25) is 5.88 Å². The maximum atomic E-state index is 12.2. The summed E-state index contributed by atoms with van der Waals surface area (Å²) in [5.74, 6) is -0.608. The van der Waals surface area contributed by atoms with Gasteiger partial charge in [-0.05, 0) is 25.1 Å². The molecule has 0 unspecified atom stereocenters. The van der Waals surface area contributed by atoms with E-state index in [2.05, 4.69) is 0 Å². The van der Waals surface area contributed by atoms with Crippen LogP contribution in [-0.2, 0) is 10.0 Å². The molecule has 0 amide bonds. The van der Waals surface area contributed by atoms with Crippen molar-refractivity contribution >= 4 is 10.0 Å². The summed E-state index contributed by atoms with van der Waals surface area (Å²) >= 11 is 0. The van der Waals surface area contributed by atoms with Crippen molar-refractivity contribution in [3.63, 3.8) is 0 Å². The summed E-state index contributed by atoms with van der Waals surface area (Å²) < 4.78 is 24.8. The molecule has 1 aromatic heterocycles. The van der Waals surface area contributed by atoms with Crippen molar-refractivity contribution in [3.8, 4) is 5.88 Å². The normalized spacial score (nSPS) is 11.4. The van der Waals surface area contributed by atoms with E-state index in [-0.39, 0.29) is 4.90 Å². The molecule has 0 aliphatic heterocycles. The number of nitrogens with zero attached hydrogens (tertiary/aromatic N) is 1. The summed E-state index contributed by atoms with van der Waals surface area (Å²) in [7, 11) is -4.06. The van der Waals surface area contributed by atoms with E-state index < -0.39 is 21.5 Å². The number of hydrogen-bond acceptors (Lipinski definition) is 4. The van der Waals surface area contributed by atoms with Crippen LogP contribution < -0.4 is 5.56 Å². The fourth-order valence-corrected chi connectivity index (χ4v) is 2.82. The lowest BCUT2D eigenvalue weighted by Gasteiger charge is -2.09. The standard InChI is InChI=1S/C12H11NO4S/c1-9-5-7-10(8-6-9)18(16,17)13-11(14)3-2-4-12(13)15/h2-8,14H,1H3. The lowest BCUT2D eigenvalue weighted by atomic mass is 10.2. The minimum atomic E-state index is -4.06. The summed E-state index contributed by atoms with van der Waals surface area (Å²) in [4.78, 5) is 11.5. The van der Waals surface area contributed by atoms with Gasteiger partial charge in [0, 0.05) is 6.07 Å². The topological polar surface area (TPSA) is 76.4 Å². The maximum Gasteiger partial charge on any atom is 0.273 e. The zero-order valence-electron chi connectivity index (χ0n) is 9.57. The highest BCUT2D eigenvalue weighted by Gasteiger charge is 2.20. The summed E-state index contributed by atoms with van der Waals surface area (Å²) in [6, 6.07) is 9.54. The van der Waals surface area contributed by atoms with Crippen molar-refractivity contribution in [1.29, 1.82) is 0 Å². The third-order valence-corrected chi connectivity index (χ3v) is 4.17. The molecule has 0 saturated heterocycles. The third-order valence-electron chi connectivity index (χ3n) is 2.45. The summed E-state index contributed by atoms with van der Waals surface area (Å²) in [5.41, 5.74) is 0.106. The molecule has 1 aromatic carbocycles. The van der Waals surface area contributed by atoms with Crippen molar-refractivity contribution in [2.45, 2.75) is 11.8 Å². The minimum absolute atomic E-state index is 0.0447. The number of rotatable bonds is 2. The molecule has 0 spiro atoms. The Kier molecular flexibility index (Phi) is 2.96. The molecule has 0 bridgehead atoms. The maximum absolute atomic E-state index is 12.2. The average molecular weight is 265 g/mol. The predicted molar refractivity (Wildman–Crippen MR) is 66.1 cm³/mol. The van der Waals surface area contributed by atoms with Crippen LogP contribution in [0.5, 0.6) is 5.88 Å². The van der Waals surface area contributed by atoms with Gasteiger partial charge < -0.3 is 5.11 Å². The van der Waals surface area contributed by atoms with Crippen LogP contribution >= 0.6 is 0 Å². The van der Waals surface area contributed by atoms with Crippen LogP contribution in [0.3, 0.4) is 0 Å². The van der Waals surface area contributed by atoms with Crippen LogP contribution in [0.2, 0.25) is 0 Å². The summed E-state index contributed by atoms with van der Waals surface area (Å²) in [6.07, 6.45) is 0. The van der Waals surface area contributed by atoms with Gasteiger partial charge in [-0.3, -0.25) is 4.79 Å². The van der Waals surface area contributed by atoms with Gasteiger partial charge in [0.15, 0.2) is 0 Å². The van der Waals surface area contributed by atoms with E-state index in [4.69, 9.17) is 0 Å². The summed E-state index contributed by atoms with van der Waals surface area (Å²) in [6.45, 7) is 1.82. The molecular formula is C12H11NO4S. The van der Waals surface area contributed by atoms with Crippen LogP contribution in [-0.4, -0.2) is 17.5 Å². The van der Waals surface area contributed by atoms with Crippen LogP contribution in [0.4, 0.5) is 0 Å². The Labute approximate surface area is 104 Å². The molecule has 6 heteroatoms. The highest BCUT2D eigenvalue weighted by atomic mass is 32.2. The first-order valence-corrected chi connectivity index (χ1v) is 6.60. The van der Waals surface area contributed by atoms with Gasteiger partial charge in [0.25, 0.3) is 15.6 Å². The van der Waals surface area contributed by atoms with Crippen LogP contribution in [0.25, 0.3) is 0 Å². The zero-order valence-corrected chi connectivity index (χ0v) is 10.4. The van der Waals surface area contributed by atoms with Gasteiger partial charge >= 0.3 is 0 Å². The molecule has 94 valence electrons. The Morgan fingerprint density at radius 1 is 1.06 bits per heavy atom. The van der Waals surface area contributed by atoms with E-state index in [0.717, 1.165) is 17.7 Å². The number of benzene rings is 1. The van der Waals surface area contributed by atoms with Crippen molar-refractivity contribution < 1.29 is 13.5 Å². The van der Waals surface area contributed by atoms with E-state index in [1.165, 1.54) is 18.2 Å². The van der Waals surface area contributed by atoms with E-state index in [1.54, 1.807) is 12.1 Å². The average Bonchev–Trinajstić information content (AvgIpc) is 2.29. The first-order valence-electron chi connectivity index (χ1n) is 5.16. The molecule has 2 rings (SSSR count). The van der Waals surface area contributed by atoms with E-state index in [9.17, 15) is 18.3 Å². The second kappa shape index (κ2) is 4.30. The van der Waals surface area contributed by atoms with Crippen LogP contribution in [0, 0.1) is 6.92 Å². The highest BCUT2D eigenvalue weighted by molar-refractivity contribution is 7.90. The van der Waals surface area contributed by atoms with E-state index in [0.29, 0.717) is 3.97 Å². The molecule has 0 fully saturated rings. The molecule has 2 aromatic rings. The number of aromatic nitrogens is 1. The van der Waals surface area contributed by atoms with Gasteiger partial charge in [-0.1, -0.05) is 23.8 Å². The molecule has 0 atom stereocenters. The number of hydrogen-bond donors (Lipinski definition) is 1. The Morgan fingerprint density at radius 2 is 1.67 bits per heavy atom. The van der Waals surface area contributed by atoms with Gasteiger partial charge in [-0.2, -0.15) is 3.97 Å². The Balaban J connectivity index is 2.70. The second-order valence-electron chi connectivity index (χ2n) is 3.80. The number of aryl methyl sites for hydroxylation is 1. The molecule has 1 heterocycles. The molecule has 1 N–H and O–H groups in total. The molecular weight excluding hydrogens is 254 g/mol. The molecule has 5 nitrogen and oxygen atoms in total. The SMILES string of the molecule is Cc1ccc(S(=O)(=O)n2c(O)cccc2=O)cc1. The smallest absolute Gasteiger partial charge is 0.273 e. The van der Waals surface area contributed by atoms with Crippen molar-refractivity contribution in [2.24, 2.45) is 0 Å². The molecule has 0 radical (unpaired) electrons. The quantitative estimate of drug-likeness (QED) is 0.882. The largest absolute Gasteiger partial charge is 0.494 e. The molecule has 0 aliphatic rings. The lowest BCUT2D eigenvalue weighted by molar-refractivity contribution is 0.438. The Bertz CT molecular complexity index is 729. The Morgan fingerprint density at radius 3 is 2.22 bits per heavy atom. The zero-order chi connectivity index (χ0) is 13.3. The minimum Gasteiger partial charge on any atom is -0.494 e. The predicted octanol–water partition coefficient (Wildman–Crippen LogP) is 1.10. The molecule has 18 heavy (non-hydrogen) atoms. The summed E-state index contributed by atoms with van der Waals surface area (Å²) in [5, 5.41) is 9.53. The van der Waals surface area contributed by atoms with Crippen molar-refractivity contribution in [1.82, 2.24) is 3.97 Å². The van der Waals surface area contributed by atoms with Gasteiger partial charge in [0.05, 0.1) is 4.90 Å². The van der Waals surface area contributed by atoms with Gasteiger partial charge in [-0.25, -0.2) is 8.42 Å². The molecule has 0 saturated carbocycles. The number of aromatic hydroxyl groups is 1. The highest BCUT2D eigenvalue weighted by Crippen LogP contribution is 2.17. The van der Waals surface area contributed by atoms with Crippen LogP contribution in [0.15, 0.2) is 52.2 Å². The van der Waals surface area contributed by atoms with E-state index in [1.807, 2.05) is 6.92 Å². The van der Waals surface area contributed by atoms with Gasteiger partial charge in [0.1, 0.15) is 0 Å². The van der Waals surface area contributed by atoms with E-state index >= 15 is 0 Å². The van der Waals surface area contributed by atoms with Crippen LogP contribution in [0.1, 0.15) is 5.56 Å². The lowest BCUT2D eigenvalue weighted by Crippen LogP contribution is -2.26. The molecule has 0 aliphatic carbocycles. The van der Waals surface area contributed by atoms with Crippen molar-refractivity contribution in [2.75, 3.05) is 0 Å². The van der Waals surface area contributed by atoms with Crippen molar-refractivity contribution in [3.05, 3.63) is 58.4 Å². The number of pyridine rings is 1. The first kappa shape index (κ1) is 12.4. The second-order valence-corrected chi connectivity index (χ2v) is 5.59. The van der Waals surface area contributed by atoms with Gasteiger partial charge in [-0.15, -0.1) is 0 Å².